The Labute approximate surface area is 124 Å². The molecule has 1 aliphatic heterocycles. The number of rotatable bonds is 2. The SMILES string of the molecule is c1ccc2sc(N3CCO[C@@H](c4nccs4)C3)nc2c1. The van der Waals surface area contributed by atoms with E-state index in [1.54, 1.807) is 22.7 Å². The molecule has 0 saturated carbocycles. The Morgan fingerprint density at radius 1 is 1.30 bits per heavy atom. The quantitative estimate of drug-likeness (QED) is 0.728. The van der Waals surface area contributed by atoms with Crippen LogP contribution in [0, 0.1) is 0 Å². The molecule has 0 spiro atoms. The van der Waals surface area contributed by atoms with Crippen LogP contribution in [0.2, 0.25) is 0 Å². The summed E-state index contributed by atoms with van der Waals surface area (Å²) in [6.45, 7) is 2.44. The van der Waals surface area contributed by atoms with Gasteiger partial charge in [-0.05, 0) is 12.1 Å². The number of benzene rings is 1. The number of thiazole rings is 2. The van der Waals surface area contributed by atoms with Gasteiger partial charge < -0.3 is 9.64 Å². The van der Waals surface area contributed by atoms with Gasteiger partial charge in [0.25, 0.3) is 0 Å². The number of hydrogen-bond donors (Lipinski definition) is 0. The summed E-state index contributed by atoms with van der Waals surface area (Å²) in [4.78, 5) is 11.4. The fraction of sp³-hybridized carbons (Fsp3) is 0.286. The van der Waals surface area contributed by atoms with Crippen molar-refractivity contribution < 1.29 is 4.74 Å². The van der Waals surface area contributed by atoms with Crippen molar-refractivity contribution in [2.75, 3.05) is 24.6 Å². The molecular weight excluding hydrogens is 290 g/mol. The van der Waals surface area contributed by atoms with Crippen LogP contribution in [0.15, 0.2) is 35.8 Å². The van der Waals surface area contributed by atoms with Gasteiger partial charge in [0.2, 0.25) is 0 Å². The molecule has 1 atom stereocenters. The molecule has 6 heteroatoms. The molecule has 20 heavy (non-hydrogen) atoms. The zero-order valence-electron chi connectivity index (χ0n) is 10.7. The van der Waals surface area contributed by atoms with Crippen molar-refractivity contribution >= 4 is 38.0 Å². The van der Waals surface area contributed by atoms with E-state index in [-0.39, 0.29) is 6.10 Å². The Morgan fingerprint density at radius 2 is 2.25 bits per heavy atom. The molecular formula is C14H13N3OS2. The molecule has 0 radical (unpaired) electrons. The van der Waals surface area contributed by atoms with Crippen LogP contribution in [0.4, 0.5) is 5.13 Å². The Kier molecular flexibility index (Phi) is 3.14. The van der Waals surface area contributed by atoms with Crippen LogP contribution in [-0.2, 0) is 4.74 Å². The molecule has 4 nitrogen and oxygen atoms in total. The summed E-state index contributed by atoms with van der Waals surface area (Å²) in [5, 5.41) is 4.13. The first kappa shape index (κ1) is 12.3. The predicted molar refractivity (Wildman–Crippen MR) is 82.6 cm³/mol. The first-order valence-electron chi connectivity index (χ1n) is 6.52. The van der Waals surface area contributed by atoms with Gasteiger partial charge in [0.15, 0.2) is 5.13 Å². The zero-order chi connectivity index (χ0) is 13.4. The summed E-state index contributed by atoms with van der Waals surface area (Å²) in [5.41, 5.74) is 1.07. The van der Waals surface area contributed by atoms with Crippen molar-refractivity contribution in [3.05, 3.63) is 40.8 Å². The number of aromatic nitrogens is 2. The lowest BCUT2D eigenvalue weighted by atomic mass is 10.3. The van der Waals surface area contributed by atoms with Gasteiger partial charge in [-0.15, -0.1) is 11.3 Å². The van der Waals surface area contributed by atoms with E-state index in [2.05, 4.69) is 28.1 Å². The second-order valence-corrected chi connectivity index (χ2v) is 6.58. The van der Waals surface area contributed by atoms with E-state index in [1.807, 2.05) is 17.6 Å². The van der Waals surface area contributed by atoms with Crippen molar-refractivity contribution in [3.8, 4) is 0 Å². The number of morpholine rings is 1. The van der Waals surface area contributed by atoms with Crippen LogP contribution >= 0.6 is 22.7 Å². The van der Waals surface area contributed by atoms with Gasteiger partial charge in [-0.25, -0.2) is 9.97 Å². The lowest BCUT2D eigenvalue weighted by Crippen LogP contribution is -2.38. The Hall–Kier alpha value is -1.50. The zero-order valence-corrected chi connectivity index (χ0v) is 12.4. The van der Waals surface area contributed by atoms with Crippen LogP contribution in [0.3, 0.4) is 0 Å². The van der Waals surface area contributed by atoms with E-state index in [1.165, 1.54) is 4.70 Å². The molecule has 3 aromatic rings. The van der Waals surface area contributed by atoms with Crippen LogP contribution in [0.5, 0.6) is 0 Å². The van der Waals surface area contributed by atoms with E-state index < -0.39 is 0 Å². The highest BCUT2D eigenvalue weighted by Gasteiger charge is 2.25. The van der Waals surface area contributed by atoms with Gasteiger partial charge in [-0.1, -0.05) is 23.5 Å². The molecule has 1 saturated heterocycles. The summed E-state index contributed by atoms with van der Waals surface area (Å²) >= 11 is 3.40. The van der Waals surface area contributed by atoms with Gasteiger partial charge in [0.05, 0.1) is 23.4 Å². The average molecular weight is 303 g/mol. The number of fused-ring (bicyclic) bond motifs is 1. The van der Waals surface area contributed by atoms with E-state index in [9.17, 15) is 0 Å². The predicted octanol–water partition coefficient (Wildman–Crippen LogP) is 3.33. The highest BCUT2D eigenvalue weighted by molar-refractivity contribution is 7.22. The van der Waals surface area contributed by atoms with Crippen molar-refractivity contribution in [2.45, 2.75) is 6.10 Å². The van der Waals surface area contributed by atoms with Gasteiger partial charge >= 0.3 is 0 Å². The second-order valence-electron chi connectivity index (χ2n) is 4.64. The lowest BCUT2D eigenvalue weighted by Gasteiger charge is -2.31. The molecule has 102 valence electrons. The summed E-state index contributed by atoms with van der Waals surface area (Å²) in [7, 11) is 0. The largest absolute Gasteiger partial charge is 0.367 e. The summed E-state index contributed by atoms with van der Waals surface area (Å²) in [6.07, 6.45) is 1.90. The van der Waals surface area contributed by atoms with Crippen LogP contribution in [0.1, 0.15) is 11.1 Å². The maximum atomic E-state index is 5.83. The third kappa shape index (κ3) is 2.19. The minimum atomic E-state index is 0.0655. The topological polar surface area (TPSA) is 38.2 Å². The van der Waals surface area contributed by atoms with Crippen LogP contribution < -0.4 is 4.90 Å². The number of para-hydroxylation sites is 1. The standard InChI is InChI=1S/C14H13N3OS2/c1-2-4-12-10(3-1)16-14(20-12)17-6-7-18-11(9-17)13-15-5-8-19-13/h1-5,8,11H,6-7,9H2/t11-/m1/s1. The minimum absolute atomic E-state index is 0.0655. The normalized spacial score (nSPS) is 19.6. The molecule has 2 aromatic heterocycles. The van der Waals surface area contributed by atoms with E-state index in [0.29, 0.717) is 0 Å². The van der Waals surface area contributed by atoms with Crippen molar-refractivity contribution in [2.24, 2.45) is 0 Å². The van der Waals surface area contributed by atoms with Crippen molar-refractivity contribution in [1.82, 2.24) is 9.97 Å². The van der Waals surface area contributed by atoms with Gasteiger partial charge in [-0.2, -0.15) is 0 Å². The first-order chi connectivity index (χ1) is 9.90. The maximum Gasteiger partial charge on any atom is 0.186 e. The molecule has 1 aromatic carbocycles. The number of anilines is 1. The number of hydrogen-bond acceptors (Lipinski definition) is 6. The van der Waals surface area contributed by atoms with E-state index >= 15 is 0 Å². The molecule has 0 aliphatic carbocycles. The summed E-state index contributed by atoms with van der Waals surface area (Å²) in [6, 6.07) is 8.27. The highest BCUT2D eigenvalue weighted by atomic mass is 32.1. The molecule has 0 bridgehead atoms. The fourth-order valence-corrected chi connectivity index (χ4v) is 4.04. The molecule has 0 unspecified atom stereocenters. The smallest absolute Gasteiger partial charge is 0.186 e. The van der Waals surface area contributed by atoms with Crippen LogP contribution in [-0.4, -0.2) is 29.7 Å². The number of nitrogens with zero attached hydrogens (tertiary/aromatic N) is 3. The number of ether oxygens (including phenoxy) is 1. The maximum absolute atomic E-state index is 5.83. The Bertz CT molecular complexity index is 677. The fourth-order valence-electron chi connectivity index (χ4n) is 2.36. The molecule has 1 fully saturated rings. The monoisotopic (exact) mass is 303 g/mol. The van der Waals surface area contributed by atoms with Gasteiger partial charge in [0, 0.05) is 18.1 Å². The van der Waals surface area contributed by atoms with Crippen molar-refractivity contribution in [3.63, 3.8) is 0 Å². The molecule has 1 aliphatic rings. The molecule has 0 amide bonds. The summed E-state index contributed by atoms with van der Waals surface area (Å²) in [5.74, 6) is 0. The first-order valence-corrected chi connectivity index (χ1v) is 8.21. The third-order valence-corrected chi connectivity index (χ3v) is 5.31. The second kappa shape index (κ2) is 5.12. The molecule has 0 N–H and O–H groups in total. The van der Waals surface area contributed by atoms with E-state index in [4.69, 9.17) is 9.72 Å². The molecule has 3 heterocycles. The average Bonchev–Trinajstić information content (AvgIpc) is 3.16. The molecule has 4 rings (SSSR count). The van der Waals surface area contributed by atoms with Crippen molar-refractivity contribution in [1.29, 1.82) is 0 Å². The Morgan fingerprint density at radius 3 is 3.10 bits per heavy atom. The highest BCUT2D eigenvalue weighted by Crippen LogP contribution is 2.32. The van der Waals surface area contributed by atoms with Gasteiger partial charge in [-0.3, -0.25) is 0 Å². The van der Waals surface area contributed by atoms with Gasteiger partial charge in [0.1, 0.15) is 11.1 Å². The minimum Gasteiger partial charge on any atom is -0.367 e. The third-order valence-electron chi connectivity index (χ3n) is 3.35. The Balaban J connectivity index is 1.61. The van der Waals surface area contributed by atoms with Crippen LogP contribution in [0.25, 0.3) is 10.2 Å². The van der Waals surface area contributed by atoms with E-state index in [0.717, 1.165) is 35.4 Å². The lowest BCUT2D eigenvalue weighted by molar-refractivity contribution is 0.0396. The summed E-state index contributed by atoms with van der Waals surface area (Å²) < 4.78 is 7.07.